The van der Waals surface area contributed by atoms with Gasteiger partial charge >= 0.3 is 0 Å². The Labute approximate surface area is 141 Å². The number of H-pyrrole nitrogens is 1. The molecule has 0 atom stereocenters. The summed E-state index contributed by atoms with van der Waals surface area (Å²) in [7, 11) is 0. The minimum Gasteiger partial charge on any atom is -0.367 e. The highest BCUT2D eigenvalue weighted by Crippen LogP contribution is 2.27. The fourth-order valence-corrected chi connectivity index (χ4v) is 3.24. The SMILES string of the molecule is O=C(CCc1ccc[nH]1)N1CCc2ncnc(NC3CC3)c2CC1. The van der Waals surface area contributed by atoms with Crippen LogP contribution in [-0.2, 0) is 24.1 Å². The first-order valence-electron chi connectivity index (χ1n) is 8.79. The third-order valence-electron chi connectivity index (χ3n) is 4.83. The van der Waals surface area contributed by atoms with E-state index in [0.29, 0.717) is 12.5 Å². The third-order valence-corrected chi connectivity index (χ3v) is 4.83. The van der Waals surface area contributed by atoms with Crippen LogP contribution in [0.15, 0.2) is 24.7 Å². The van der Waals surface area contributed by atoms with Crippen LogP contribution in [-0.4, -0.2) is 44.9 Å². The topological polar surface area (TPSA) is 73.9 Å². The summed E-state index contributed by atoms with van der Waals surface area (Å²) in [6, 6.07) is 4.57. The first kappa shape index (κ1) is 15.2. The van der Waals surface area contributed by atoms with Gasteiger partial charge in [-0.3, -0.25) is 4.79 Å². The lowest BCUT2D eigenvalue weighted by Crippen LogP contribution is -2.33. The number of carbonyl (C=O) groups excluding carboxylic acids is 1. The van der Waals surface area contributed by atoms with E-state index >= 15 is 0 Å². The fraction of sp³-hybridized carbons (Fsp3) is 0.500. The molecule has 2 aromatic rings. The molecule has 0 radical (unpaired) electrons. The summed E-state index contributed by atoms with van der Waals surface area (Å²) in [5.41, 5.74) is 3.40. The molecular formula is C18H23N5O. The molecule has 1 fully saturated rings. The van der Waals surface area contributed by atoms with E-state index in [9.17, 15) is 4.79 Å². The Morgan fingerprint density at radius 2 is 2.17 bits per heavy atom. The van der Waals surface area contributed by atoms with Crippen LogP contribution in [0.4, 0.5) is 5.82 Å². The van der Waals surface area contributed by atoms with Crippen molar-refractivity contribution >= 4 is 11.7 Å². The van der Waals surface area contributed by atoms with Crippen molar-refractivity contribution in [3.8, 4) is 0 Å². The van der Waals surface area contributed by atoms with E-state index in [2.05, 4.69) is 20.3 Å². The van der Waals surface area contributed by atoms with Crippen LogP contribution < -0.4 is 5.32 Å². The number of aromatic amines is 1. The van der Waals surface area contributed by atoms with Gasteiger partial charge in [-0.2, -0.15) is 0 Å². The summed E-state index contributed by atoms with van der Waals surface area (Å²) in [5, 5.41) is 3.50. The van der Waals surface area contributed by atoms with E-state index in [0.717, 1.165) is 49.6 Å². The van der Waals surface area contributed by atoms with Gasteiger partial charge in [0, 0.05) is 49.4 Å². The summed E-state index contributed by atoms with van der Waals surface area (Å²) < 4.78 is 0. The van der Waals surface area contributed by atoms with E-state index in [1.165, 1.54) is 18.4 Å². The standard InChI is InChI=1S/C18H23N5O/c24-17(6-5-13-2-1-9-19-13)23-10-7-15-16(8-11-23)20-12-21-18(15)22-14-3-4-14/h1-2,9,12,14,19H,3-8,10-11H2,(H,20,21,22). The van der Waals surface area contributed by atoms with E-state index in [-0.39, 0.29) is 5.91 Å². The van der Waals surface area contributed by atoms with Crippen molar-refractivity contribution in [1.29, 1.82) is 0 Å². The minimum absolute atomic E-state index is 0.224. The van der Waals surface area contributed by atoms with Crippen LogP contribution in [0, 0.1) is 0 Å². The zero-order valence-electron chi connectivity index (χ0n) is 13.8. The second-order valence-corrected chi connectivity index (χ2v) is 6.64. The van der Waals surface area contributed by atoms with Crippen LogP contribution in [0.5, 0.6) is 0 Å². The van der Waals surface area contributed by atoms with Gasteiger partial charge in [0.15, 0.2) is 0 Å². The quantitative estimate of drug-likeness (QED) is 0.881. The summed E-state index contributed by atoms with van der Waals surface area (Å²) >= 11 is 0. The van der Waals surface area contributed by atoms with Gasteiger partial charge in [-0.1, -0.05) is 0 Å². The van der Waals surface area contributed by atoms with Crippen LogP contribution in [0.3, 0.4) is 0 Å². The van der Waals surface area contributed by atoms with Gasteiger partial charge in [-0.25, -0.2) is 9.97 Å². The van der Waals surface area contributed by atoms with Gasteiger partial charge in [0.1, 0.15) is 12.1 Å². The summed E-state index contributed by atoms with van der Waals surface area (Å²) in [6.07, 6.45) is 8.95. The van der Waals surface area contributed by atoms with Crippen molar-refractivity contribution in [3.05, 3.63) is 41.6 Å². The molecular weight excluding hydrogens is 302 g/mol. The van der Waals surface area contributed by atoms with Gasteiger partial charge in [0.05, 0.1) is 5.69 Å². The zero-order valence-corrected chi connectivity index (χ0v) is 13.8. The molecule has 6 nitrogen and oxygen atoms in total. The monoisotopic (exact) mass is 325 g/mol. The molecule has 0 aromatic carbocycles. The number of hydrogen-bond acceptors (Lipinski definition) is 4. The Hall–Kier alpha value is -2.37. The molecule has 3 heterocycles. The number of nitrogens with one attached hydrogen (secondary N) is 2. The van der Waals surface area contributed by atoms with E-state index in [1.54, 1.807) is 6.33 Å². The van der Waals surface area contributed by atoms with Crippen LogP contribution in [0.2, 0.25) is 0 Å². The number of fused-ring (bicyclic) bond motifs is 1. The molecule has 0 saturated heterocycles. The van der Waals surface area contributed by atoms with Gasteiger partial charge in [0.25, 0.3) is 0 Å². The Morgan fingerprint density at radius 3 is 2.96 bits per heavy atom. The lowest BCUT2D eigenvalue weighted by molar-refractivity contribution is -0.131. The molecule has 0 unspecified atom stereocenters. The van der Waals surface area contributed by atoms with Gasteiger partial charge < -0.3 is 15.2 Å². The summed E-state index contributed by atoms with van der Waals surface area (Å²) in [4.78, 5) is 26.5. The van der Waals surface area contributed by atoms with Crippen molar-refractivity contribution in [2.75, 3.05) is 18.4 Å². The molecule has 1 amide bonds. The Morgan fingerprint density at radius 1 is 1.29 bits per heavy atom. The molecule has 6 heteroatoms. The predicted octanol–water partition coefficient (Wildman–Crippen LogP) is 1.94. The number of anilines is 1. The molecule has 4 rings (SSSR count). The van der Waals surface area contributed by atoms with Crippen molar-refractivity contribution in [2.45, 2.75) is 44.6 Å². The molecule has 2 aliphatic rings. The number of amides is 1. The van der Waals surface area contributed by atoms with Crippen molar-refractivity contribution in [1.82, 2.24) is 19.9 Å². The van der Waals surface area contributed by atoms with Crippen LogP contribution in [0.1, 0.15) is 36.2 Å². The molecule has 126 valence electrons. The predicted molar refractivity (Wildman–Crippen MR) is 91.8 cm³/mol. The average Bonchev–Trinajstić information content (AvgIpc) is 3.31. The molecule has 1 aliphatic carbocycles. The van der Waals surface area contributed by atoms with Crippen LogP contribution >= 0.6 is 0 Å². The Balaban J connectivity index is 1.39. The van der Waals surface area contributed by atoms with E-state index < -0.39 is 0 Å². The van der Waals surface area contributed by atoms with Crippen molar-refractivity contribution in [3.63, 3.8) is 0 Å². The second kappa shape index (κ2) is 6.63. The van der Waals surface area contributed by atoms with Gasteiger partial charge in [-0.15, -0.1) is 0 Å². The molecule has 2 N–H and O–H groups in total. The maximum absolute atomic E-state index is 12.5. The smallest absolute Gasteiger partial charge is 0.222 e. The van der Waals surface area contributed by atoms with Crippen molar-refractivity contribution < 1.29 is 4.79 Å². The summed E-state index contributed by atoms with van der Waals surface area (Å²) in [5.74, 6) is 1.20. The lowest BCUT2D eigenvalue weighted by Gasteiger charge is -2.20. The van der Waals surface area contributed by atoms with Gasteiger partial charge in [0.2, 0.25) is 5.91 Å². The maximum atomic E-state index is 12.5. The maximum Gasteiger partial charge on any atom is 0.222 e. The number of carbonyl (C=O) groups is 1. The normalized spacial score (nSPS) is 17.2. The minimum atomic E-state index is 0.224. The lowest BCUT2D eigenvalue weighted by atomic mass is 10.1. The Kier molecular flexibility index (Phi) is 4.19. The highest BCUT2D eigenvalue weighted by Gasteiger charge is 2.25. The van der Waals surface area contributed by atoms with E-state index in [1.807, 2.05) is 23.2 Å². The van der Waals surface area contributed by atoms with E-state index in [4.69, 9.17) is 0 Å². The molecule has 1 saturated carbocycles. The number of aryl methyl sites for hydroxylation is 1. The summed E-state index contributed by atoms with van der Waals surface area (Å²) in [6.45, 7) is 1.50. The second-order valence-electron chi connectivity index (χ2n) is 6.64. The highest BCUT2D eigenvalue weighted by molar-refractivity contribution is 5.76. The first-order chi connectivity index (χ1) is 11.8. The number of rotatable bonds is 5. The molecule has 24 heavy (non-hydrogen) atoms. The third kappa shape index (κ3) is 3.42. The molecule has 1 aliphatic heterocycles. The number of hydrogen-bond donors (Lipinski definition) is 2. The number of nitrogens with zero attached hydrogens (tertiary/aromatic N) is 3. The van der Waals surface area contributed by atoms with Crippen LogP contribution in [0.25, 0.3) is 0 Å². The molecule has 2 aromatic heterocycles. The van der Waals surface area contributed by atoms with Gasteiger partial charge in [-0.05, 0) is 37.8 Å². The molecule has 0 spiro atoms. The fourth-order valence-electron chi connectivity index (χ4n) is 3.24. The highest BCUT2D eigenvalue weighted by atomic mass is 16.2. The largest absolute Gasteiger partial charge is 0.367 e. The van der Waals surface area contributed by atoms with Crippen molar-refractivity contribution in [2.24, 2.45) is 0 Å². The Bertz CT molecular complexity index is 708. The average molecular weight is 325 g/mol. The number of aromatic nitrogens is 3. The zero-order chi connectivity index (χ0) is 16.4. The first-order valence-corrected chi connectivity index (χ1v) is 8.79. The molecule has 0 bridgehead atoms.